The van der Waals surface area contributed by atoms with Gasteiger partial charge in [0.1, 0.15) is 22.3 Å². The Balaban J connectivity index is 1.72. The van der Waals surface area contributed by atoms with E-state index in [1.807, 2.05) is 0 Å². The molecule has 0 aliphatic heterocycles. The van der Waals surface area contributed by atoms with Gasteiger partial charge in [-0.2, -0.15) is 0 Å². The third kappa shape index (κ3) is 1.83. The molecule has 6 nitrogen and oxygen atoms in total. The maximum Gasteiger partial charge on any atom is 0.340 e. The molecule has 1 aromatic carbocycles. The number of amides is 1. The molecule has 0 atom stereocenters. The van der Waals surface area contributed by atoms with Gasteiger partial charge in [-0.3, -0.25) is 4.79 Å². The van der Waals surface area contributed by atoms with Gasteiger partial charge in [-0.15, -0.1) is 11.3 Å². The molecule has 4 aromatic rings. The third-order valence-corrected chi connectivity index (χ3v) is 4.17. The number of furan rings is 2. The lowest BCUT2D eigenvalue weighted by Gasteiger charge is -2.05. The summed E-state index contributed by atoms with van der Waals surface area (Å²) >= 11 is 1.46. The predicted octanol–water partition coefficient (Wildman–Crippen LogP) is 3.43. The lowest BCUT2D eigenvalue weighted by Crippen LogP contribution is -2.15. The van der Waals surface area contributed by atoms with Crippen LogP contribution in [0.25, 0.3) is 21.4 Å². The Kier molecular flexibility index (Phi) is 2.64. The standard InChI is InChI=1S/C15H8N2O4S/c18-14(12-9-3-4-10(21-9)13(12)15(19)20)17-7-1-2-8-11(5-7)22-6-16-8/h1-6H,(H,17,18)(H,19,20). The van der Waals surface area contributed by atoms with Gasteiger partial charge in [0, 0.05) is 5.69 Å². The third-order valence-electron chi connectivity index (χ3n) is 3.38. The fourth-order valence-corrected chi connectivity index (χ4v) is 3.13. The van der Waals surface area contributed by atoms with Gasteiger partial charge >= 0.3 is 5.97 Å². The number of fused-ring (bicyclic) bond motifs is 3. The molecule has 0 aliphatic rings. The van der Waals surface area contributed by atoms with Gasteiger partial charge in [0.15, 0.2) is 0 Å². The van der Waals surface area contributed by atoms with Crippen molar-refractivity contribution in [3.05, 3.63) is 47.0 Å². The molecule has 3 heterocycles. The molecule has 7 heteroatoms. The van der Waals surface area contributed by atoms with E-state index >= 15 is 0 Å². The Morgan fingerprint density at radius 2 is 1.91 bits per heavy atom. The molecule has 22 heavy (non-hydrogen) atoms. The van der Waals surface area contributed by atoms with E-state index in [4.69, 9.17) is 4.42 Å². The minimum atomic E-state index is -1.18. The van der Waals surface area contributed by atoms with Crippen LogP contribution in [0.4, 0.5) is 5.69 Å². The van der Waals surface area contributed by atoms with E-state index in [0.29, 0.717) is 5.69 Å². The van der Waals surface area contributed by atoms with Crippen LogP contribution in [0.1, 0.15) is 20.7 Å². The van der Waals surface area contributed by atoms with Gasteiger partial charge in [-0.1, -0.05) is 0 Å². The van der Waals surface area contributed by atoms with Gasteiger partial charge < -0.3 is 14.8 Å². The van der Waals surface area contributed by atoms with E-state index in [-0.39, 0.29) is 22.3 Å². The van der Waals surface area contributed by atoms with Gasteiger partial charge in [-0.05, 0) is 30.3 Å². The zero-order valence-electron chi connectivity index (χ0n) is 11.0. The molecule has 0 saturated heterocycles. The number of carbonyl (C=O) groups excluding carboxylic acids is 1. The normalized spacial score (nSPS) is 11.3. The minimum absolute atomic E-state index is 0.0504. The van der Waals surface area contributed by atoms with Crippen molar-refractivity contribution >= 4 is 50.3 Å². The number of carboxylic acid groups (broad SMARTS) is 1. The van der Waals surface area contributed by atoms with Crippen molar-refractivity contribution in [1.82, 2.24) is 4.98 Å². The van der Waals surface area contributed by atoms with Crippen molar-refractivity contribution < 1.29 is 19.1 Å². The predicted molar refractivity (Wildman–Crippen MR) is 81.9 cm³/mol. The Bertz CT molecular complexity index is 1020. The number of rotatable bonds is 3. The molecule has 3 aromatic heterocycles. The highest BCUT2D eigenvalue weighted by Crippen LogP contribution is 2.30. The smallest absolute Gasteiger partial charge is 0.340 e. The van der Waals surface area contributed by atoms with Crippen LogP contribution in [-0.4, -0.2) is 22.0 Å². The summed E-state index contributed by atoms with van der Waals surface area (Å²) in [7, 11) is 0. The number of hydrogen-bond donors (Lipinski definition) is 2. The summed E-state index contributed by atoms with van der Waals surface area (Å²) < 4.78 is 6.22. The number of nitrogens with zero attached hydrogens (tertiary/aromatic N) is 1. The van der Waals surface area contributed by atoms with E-state index in [1.165, 1.54) is 11.3 Å². The minimum Gasteiger partial charge on any atom is -0.478 e. The lowest BCUT2D eigenvalue weighted by atomic mass is 10.1. The number of hydrogen-bond acceptors (Lipinski definition) is 5. The van der Waals surface area contributed by atoms with E-state index in [1.54, 1.807) is 35.8 Å². The summed E-state index contributed by atoms with van der Waals surface area (Å²) in [6, 6.07) is 8.45. The first-order valence-electron chi connectivity index (χ1n) is 6.36. The highest BCUT2D eigenvalue weighted by atomic mass is 32.1. The summed E-state index contributed by atoms with van der Waals surface area (Å²) in [5.74, 6) is -1.69. The number of carboxylic acids is 1. The van der Waals surface area contributed by atoms with E-state index in [0.717, 1.165) is 10.2 Å². The topological polar surface area (TPSA) is 92.4 Å². The highest BCUT2D eigenvalue weighted by Gasteiger charge is 2.27. The van der Waals surface area contributed by atoms with Crippen LogP contribution >= 0.6 is 11.3 Å². The summed E-state index contributed by atoms with van der Waals surface area (Å²) in [5, 5.41) is 11.9. The van der Waals surface area contributed by atoms with Crippen molar-refractivity contribution in [1.29, 1.82) is 0 Å². The number of anilines is 1. The van der Waals surface area contributed by atoms with Crippen molar-refractivity contribution in [3.8, 4) is 0 Å². The number of benzene rings is 2. The average Bonchev–Trinajstić information content (AvgIpc) is 3.20. The summed E-state index contributed by atoms with van der Waals surface area (Å²) in [6.45, 7) is 0. The number of carbonyl (C=O) groups is 2. The molecule has 0 spiro atoms. The van der Waals surface area contributed by atoms with Crippen molar-refractivity contribution in [2.24, 2.45) is 0 Å². The summed E-state index contributed by atoms with van der Waals surface area (Å²) in [6.07, 6.45) is 0. The van der Waals surface area contributed by atoms with Gasteiger partial charge in [0.25, 0.3) is 5.91 Å². The molecular formula is C15H8N2O4S. The molecule has 108 valence electrons. The fraction of sp³-hybridized carbons (Fsp3) is 0. The quantitative estimate of drug-likeness (QED) is 0.604. The van der Waals surface area contributed by atoms with Gasteiger partial charge in [0.05, 0.1) is 15.7 Å². The largest absolute Gasteiger partial charge is 0.478 e. The van der Waals surface area contributed by atoms with Crippen LogP contribution in [0, 0.1) is 0 Å². The van der Waals surface area contributed by atoms with Gasteiger partial charge in [0.2, 0.25) is 0 Å². The number of aromatic carboxylic acids is 1. The average molecular weight is 312 g/mol. The Morgan fingerprint density at radius 1 is 1.14 bits per heavy atom. The highest BCUT2D eigenvalue weighted by molar-refractivity contribution is 7.16. The van der Waals surface area contributed by atoms with Crippen molar-refractivity contribution in [3.63, 3.8) is 0 Å². The molecule has 0 saturated carbocycles. The van der Waals surface area contributed by atoms with Crippen LogP contribution in [-0.2, 0) is 0 Å². The van der Waals surface area contributed by atoms with Crippen LogP contribution in [0.15, 0.2) is 40.3 Å². The zero-order valence-corrected chi connectivity index (χ0v) is 11.8. The molecule has 0 fully saturated rings. The SMILES string of the molecule is O=C(O)c1c(C(=O)Nc2ccc3ncsc3c2)c2ccc1o2. The summed E-state index contributed by atoms with van der Waals surface area (Å²) in [5.41, 5.74) is 3.57. The van der Waals surface area contributed by atoms with Crippen LogP contribution in [0.2, 0.25) is 0 Å². The first kappa shape index (κ1) is 12.8. The lowest BCUT2D eigenvalue weighted by molar-refractivity contribution is 0.0695. The molecule has 0 aliphatic carbocycles. The van der Waals surface area contributed by atoms with E-state index in [2.05, 4.69) is 10.3 Å². The Morgan fingerprint density at radius 3 is 2.68 bits per heavy atom. The molecule has 1 amide bonds. The number of thiazole rings is 1. The first-order chi connectivity index (χ1) is 10.6. The molecule has 0 radical (unpaired) electrons. The first-order valence-corrected chi connectivity index (χ1v) is 7.24. The van der Waals surface area contributed by atoms with E-state index < -0.39 is 11.9 Å². The van der Waals surface area contributed by atoms with Crippen LogP contribution in [0.3, 0.4) is 0 Å². The molecule has 2 bridgehead atoms. The number of aromatic nitrogens is 1. The molecule has 2 N–H and O–H groups in total. The summed E-state index contributed by atoms with van der Waals surface area (Å²) in [4.78, 5) is 27.9. The molecule has 4 rings (SSSR count). The fourth-order valence-electron chi connectivity index (χ4n) is 2.42. The zero-order chi connectivity index (χ0) is 15.3. The van der Waals surface area contributed by atoms with Crippen molar-refractivity contribution in [2.75, 3.05) is 5.32 Å². The molecular weight excluding hydrogens is 304 g/mol. The van der Waals surface area contributed by atoms with E-state index in [9.17, 15) is 14.7 Å². The van der Waals surface area contributed by atoms with Crippen LogP contribution in [0.5, 0.6) is 0 Å². The van der Waals surface area contributed by atoms with Gasteiger partial charge in [-0.25, -0.2) is 9.78 Å². The maximum atomic E-state index is 12.4. The second kappa shape index (κ2) is 4.54. The van der Waals surface area contributed by atoms with Crippen LogP contribution < -0.4 is 5.32 Å². The molecule has 0 unspecified atom stereocenters. The van der Waals surface area contributed by atoms with Crippen molar-refractivity contribution in [2.45, 2.75) is 0 Å². The monoisotopic (exact) mass is 312 g/mol. The number of nitrogens with one attached hydrogen (secondary N) is 1. The second-order valence-electron chi connectivity index (χ2n) is 4.71. The maximum absolute atomic E-state index is 12.4. The Labute approximate surface area is 127 Å². The Hall–Kier alpha value is -2.93. The second-order valence-corrected chi connectivity index (χ2v) is 5.59.